The highest BCUT2D eigenvalue weighted by atomic mass is 32.2. The number of nitrogens with two attached hydrogens (primary N) is 1. The number of hydrogen-bond donors (Lipinski definition) is 1. The molecule has 0 spiro atoms. The molecule has 0 fully saturated rings. The Morgan fingerprint density at radius 1 is 1.15 bits per heavy atom. The lowest BCUT2D eigenvalue weighted by Gasteiger charge is -2.17. The van der Waals surface area contributed by atoms with E-state index in [0.29, 0.717) is 13.0 Å². The van der Waals surface area contributed by atoms with Crippen molar-refractivity contribution in [3.63, 3.8) is 0 Å². The largest absolute Gasteiger partial charge is 0.383 e. The summed E-state index contributed by atoms with van der Waals surface area (Å²) in [5.41, 5.74) is 6.73. The van der Waals surface area contributed by atoms with Crippen LogP contribution >= 0.6 is 0 Å². The van der Waals surface area contributed by atoms with Crippen molar-refractivity contribution < 1.29 is 8.42 Å². The second-order valence-corrected chi connectivity index (χ2v) is 6.46. The number of nitrogen functional groups attached to an aromatic ring is 1. The summed E-state index contributed by atoms with van der Waals surface area (Å²) in [5.74, 6) is 0.0269. The highest BCUT2D eigenvalue weighted by Crippen LogP contribution is 2.19. The zero-order chi connectivity index (χ0) is 14.6. The lowest BCUT2D eigenvalue weighted by atomic mass is 10.2. The molecule has 106 valence electrons. The lowest BCUT2D eigenvalue weighted by molar-refractivity contribution is 0.472. The SMILES string of the molecule is CN(CCc1ccccc1)S(=O)(=O)c1cccnc1N. The quantitative estimate of drug-likeness (QED) is 0.906. The molecule has 2 N–H and O–H groups in total. The normalized spacial score (nSPS) is 11.7. The van der Waals surface area contributed by atoms with Gasteiger partial charge in [0, 0.05) is 19.8 Å². The molecule has 0 aliphatic carbocycles. The van der Waals surface area contributed by atoms with Gasteiger partial charge in [-0.05, 0) is 24.1 Å². The Labute approximate surface area is 119 Å². The van der Waals surface area contributed by atoms with Crippen LogP contribution in [0.1, 0.15) is 5.56 Å². The molecule has 0 bridgehead atoms. The molecular weight excluding hydrogens is 274 g/mol. The first-order chi connectivity index (χ1) is 9.51. The first kappa shape index (κ1) is 14.5. The first-order valence-corrected chi connectivity index (χ1v) is 7.66. The van der Waals surface area contributed by atoms with E-state index in [1.165, 1.54) is 16.6 Å². The topological polar surface area (TPSA) is 76.3 Å². The van der Waals surface area contributed by atoms with Gasteiger partial charge in [0.15, 0.2) is 0 Å². The van der Waals surface area contributed by atoms with E-state index in [2.05, 4.69) is 4.98 Å². The summed E-state index contributed by atoms with van der Waals surface area (Å²) < 4.78 is 26.1. The van der Waals surface area contributed by atoms with Crippen LogP contribution in [-0.4, -0.2) is 31.3 Å². The van der Waals surface area contributed by atoms with E-state index in [-0.39, 0.29) is 10.7 Å². The number of rotatable bonds is 5. The van der Waals surface area contributed by atoms with Gasteiger partial charge in [0.25, 0.3) is 0 Å². The number of nitrogens with zero attached hydrogens (tertiary/aromatic N) is 2. The van der Waals surface area contributed by atoms with Crippen LogP contribution < -0.4 is 5.73 Å². The third-order valence-corrected chi connectivity index (χ3v) is 4.95. The smallest absolute Gasteiger partial charge is 0.246 e. The van der Waals surface area contributed by atoms with Crippen LogP contribution in [0.15, 0.2) is 53.6 Å². The summed E-state index contributed by atoms with van der Waals surface area (Å²) in [5, 5.41) is 0. The fourth-order valence-electron chi connectivity index (χ4n) is 1.84. The van der Waals surface area contributed by atoms with E-state index < -0.39 is 10.0 Å². The summed E-state index contributed by atoms with van der Waals surface area (Å²) in [6, 6.07) is 12.8. The molecule has 0 saturated heterocycles. The van der Waals surface area contributed by atoms with Crippen LogP contribution in [0.2, 0.25) is 0 Å². The van der Waals surface area contributed by atoms with E-state index in [4.69, 9.17) is 5.73 Å². The van der Waals surface area contributed by atoms with Crippen molar-refractivity contribution in [3.05, 3.63) is 54.2 Å². The molecule has 20 heavy (non-hydrogen) atoms. The van der Waals surface area contributed by atoms with Gasteiger partial charge in [0.2, 0.25) is 10.0 Å². The Morgan fingerprint density at radius 2 is 1.85 bits per heavy atom. The Balaban J connectivity index is 2.12. The fraction of sp³-hybridized carbons (Fsp3) is 0.214. The first-order valence-electron chi connectivity index (χ1n) is 6.22. The van der Waals surface area contributed by atoms with Gasteiger partial charge in [-0.2, -0.15) is 0 Å². The Hall–Kier alpha value is -1.92. The van der Waals surface area contributed by atoms with Crippen molar-refractivity contribution >= 4 is 15.8 Å². The molecule has 1 aromatic heterocycles. The predicted molar refractivity (Wildman–Crippen MR) is 78.6 cm³/mol. The van der Waals surface area contributed by atoms with Gasteiger partial charge in [-0.1, -0.05) is 30.3 Å². The third-order valence-electron chi connectivity index (χ3n) is 3.05. The molecule has 1 heterocycles. The molecular formula is C14H17N3O2S. The average Bonchev–Trinajstić information content (AvgIpc) is 2.46. The molecule has 2 aromatic rings. The zero-order valence-corrected chi connectivity index (χ0v) is 12.0. The fourth-order valence-corrected chi connectivity index (χ4v) is 3.08. The Morgan fingerprint density at radius 3 is 2.50 bits per heavy atom. The molecule has 1 aromatic carbocycles. The van der Waals surface area contributed by atoms with Crippen molar-refractivity contribution in [2.24, 2.45) is 0 Å². The van der Waals surface area contributed by atoms with E-state index >= 15 is 0 Å². The van der Waals surface area contributed by atoms with Crippen molar-refractivity contribution in [1.29, 1.82) is 0 Å². The molecule has 0 saturated carbocycles. The highest BCUT2D eigenvalue weighted by molar-refractivity contribution is 7.89. The van der Waals surface area contributed by atoms with Crippen LogP contribution in [0.4, 0.5) is 5.82 Å². The summed E-state index contributed by atoms with van der Waals surface area (Å²) in [6.45, 7) is 0.390. The summed E-state index contributed by atoms with van der Waals surface area (Å²) in [4.78, 5) is 3.87. The minimum Gasteiger partial charge on any atom is -0.383 e. The van der Waals surface area contributed by atoms with Gasteiger partial charge >= 0.3 is 0 Å². The number of pyridine rings is 1. The van der Waals surface area contributed by atoms with Gasteiger partial charge in [-0.25, -0.2) is 17.7 Å². The van der Waals surface area contributed by atoms with E-state index in [0.717, 1.165) is 5.56 Å². The molecule has 5 nitrogen and oxygen atoms in total. The van der Waals surface area contributed by atoms with Gasteiger partial charge < -0.3 is 5.73 Å². The van der Waals surface area contributed by atoms with Crippen LogP contribution in [0.25, 0.3) is 0 Å². The van der Waals surface area contributed by atoms with Gasteiger partial charge in [-0.15, -0.1) is 0 Å². The van der Waals surface area contributed by atoms with Crippen LogP contribution in [-0.2, 0) is 16.4 Å². The van der Waals surface area contributed by atoms with E-state index in [9.17, 15) is 8.42 Å². The number of benzene rings is 1. The van der Waals surface area contributed by atoms with Gasteiger partial charge in [0.1, 0.15) is 10.7 Å². The summed E-state index contributed by atoms with van der Waals surface area (Å²) >= 11 is 0. The minimum atomic E-state index is -3.59. The van der Waals surface area contributed by atoms with Gasteiger partial charge in [0.05, 0.1) is 0 Å². The highest BCUT2D eigenvalue weighted by Gasteiger charge is 2.23. The van der Waals surface area contributed by atoms with E-state index in [1.54, 1.807) is 13.1 Å². The van der Waals surface area contributed by atoms with E-state index in [1.807, 2.05) is 30.3 Å². The van der Waals surface area contributed by atoms with Crippen LogP contribution in [0.5, 0.6) is 0 Å². The molecule has 0 amide bonds. The second kappa shape index (κ2) is 6.02. The van der Waals surface area contributed by atoms with Crippen molar-refractivity contribution in [2.45, 2.75) is 11.3 Å². The average molecular weight is 291 g/mol. The number of sulfonamides is 1. The zero-order valence-electron chi connectivity index (χ0n) is 11.2. The van der Waals surface area contributed by atoms with Crippen molar-refractivity contribution in [2.75, 3.05) is 19.3 Å². The Kier molecular flexibility index (Phi) is 4.36. The molecule has 0 radical (unpaired) electrons. The van der Waals surface area contributed by atoms with Crippen molar-refractivity contribution in [3.8, 4) is 0 Å². The third kappa shape index (κ3) is 3.15. The maximum atomic E-state index is 12.4. The maximum absolute atomic E-state index is 12.4. The molecule has 2 rings (SSSR count). The number of hydrogen-bond acceptors (Lipinski definition) is 4. The maximum Gasteiger partial charge on any atom is 0.246 e. The number of aromatic nitrogens is 1. The molecule has 0 unspecified atom stereocenters. The van der Waals surface area contributed by atoms with Gasteiger partial charge in [-0.3, -0.25) is 0 Å². The number of anilines is 1. The minimum absolute atomic E-state index is 0.0269. The lowest BCUT2D eigenvalue weighted by Crippen LogP contribution is -2.29. The summed E-state index contributed by atoms with van der Waals surface area (Å²) in [6.07, 6.45) is 2.12. The summed E-state index contributed by atoms with van der Waals surface area (Å²) in [7, 11) is -2.05. The molecule has 0 aliphatic rings. The van der Waals surface area contributed by atoms with Crippen LogP contribution in [0.3, 0.4) is 0 Å². The standard InChI is InChI=1S/C14H17N3O2S/c1-17(11-9-12-6-3-2-4-7-12)20(18,19)13-8-5-10-16-14(13)15/h2-8,10H,9,11H2,1H3,(H2,15,16). The predicted octanol–water partition coefficient (Wildman–Crippen LogP) is 1.53. The van der Waals surface area contributed by atoms with Crippen LogP contribution in [0, 0.1) is 0 Å². The number of likely N-dealkylation sites (N-methyl/N-ethyl adjacent to an activating group) is 1. The second-order valence-electron chi connectivity index (χ2n) is 4.45. The molecule has 0 aliphatic heterocycles. The molecule has 0 atom stereocenters. The Bertz CT molecular complexity index is 672. The monoisotopic (exact) mass is 291 g/mol. The molecule has 6 heteroatoms. The van der Waals surface area contributed by atoms with Crippen molar-refractivity contribution in [1.82, 2.24) is 9.29 Å².